The van der Waals surface area contributed by atoms with Crippen LogP contribution in [0, 0.1) is 5.82 Å². The molecule has 2 aromatic carbocycles. The minimum atomic E-state index is -3.60. The van der Waals surface area contributed by atoms with Crippen molar-refractivity contribution in [1.82, 2.24) is 9.62 Å². The van der Waals surface area contributed by atoms with Gasteiger partial charge in [-0.1, -0.05) is 18.2 Å². The van der Waals surface area contributed by atoms with Crippen molar-refractivity contribution in [2.45, 2.75) is 23.8 Å². The van der Waals surface area contributed by atoms with E-state index < -0.39 is 27.9 Å². The standard InChI is InChI=1S/C19H21FN2O4S/c20-16-8-6-14(7-9-16)18(23)13-21-19(24)15-4-3-5-17(12-15)27(25,26)22-10-1-2-11-22/h3-9,12,18,23H,1-2,10-11,13H2,(H,21,24). The van der Waals surface area contributed by atoms with Gasteiger partial charge in [-0.15, -0.1) is 0 Å². The van der Waals surface area contributed by atoms with Crippen molar-refractivity contribution in [2.24, 2.45) is 0 Å². The van der Waals surface area contributed by atoms with E-state index in [1.165, 1.54) is 52.8 Å². The van der Waals surface area contributed by atoms with Crippen molar-refractivity contribution in [2.75, 3.05) is 19.6 Å². The number of nitrogens with zero attached hydrogens (tertiary/aromatic N) is 1. The van der Waals surface area contributed by atoms with E-state index in [1.807, 2.05) is 0 Å². The highest BCUT2D eigenvalue weighted by Gasteiger charge is 2.27. The first kappa shape index (κ1) is 19.5. The maximum atomic E-state index is 12.9. The molecule has 1 fully saturated rings. The maximum absolute atomic E-state index is 12.9. The van der Waals surface area contributed by atoms with Crippen LogP contribution in [0.3, 0.4) is 0 Å². The van der Waals surface area contributed by atoms with Crippen LogP contribution in [0.4, 0.5) is 4.39 Å². The molecule has 3 rings (SSSR count). The summed E-state index contributed by atoms with van der Waals surface area (Å²) in [5.74, 6) is -0.902. The minimum Gasteiger partial charge on any atom is -0.387 e. The first-order valence-electron chi connectivity index (χ1n) is 8.70. The largest absolute Gasteiger partial charge is 0.387 e. The molecular weight excluding hydrogens is 371 g/mol. The lowest BCUT2D eigenvalue weighted by atomic mass is 10.1. The summed E-state index contributed by atoms with van der Waals surface area (Å²) in [6.07, 6.45) is 0.674. The van der Waals surface area contributed by atoms with E-state index >= 15 is 0 Å². The fourth-order valence-electron chi connectivity index (χ4n) is 2.97. The van der Waals surface area contributed by atoms with Gasteiger partial charge in [-0.25, -0.2) is 12.8 Å². The summed E-state index contributed by atoms with van der Waals surface area (Å²) < 4.78 is 39.6. The van der Waals surface area contributed by atoms with Gasteiger partial charge in [0.15, 0.2) is 0 Å². The molecule has 0 aliphatic carbocycles. The van der Waals surface area contributed by atoms with Gasteiger partial charge < -0.3 is 10.4 Å². The Morgan fingerprint density at radius 2 is 1.81 bits per heavy atom. The predicted molar refractivity (Wildman–Crippen MR) is 98.1 cm³/mol. The van der Waals surface area contributed by atoms with E-state index in [2.05, 4.69) is 5.32 Å². The molecule has 1 heterocycles. The fraction of sp³-hybridized carbons (Fsp3) is 0.316. The molecule has 0 saturated carbocycles. The SMILES string of the molecule is O=C(NCC(O)c1ccc(F)cc1)c1cccc(S(=O)(=O)N2CCCC2)c1. The van der Waals surface area contributed by atoms with Crippen molar-refractivity contribution in [1.29, 1.82) is 0 Å². The Morgan fingerprint density at radius 3 is 2.48 bits per heavy atom. The second kappa shape index (κ2) is 8.16. The third kappa shape index (κ3) is 4.52. The molecule has 2 aromatic rings. The van der Waals surface area contributed by atoms with Gasteiger partial charge in [-0.2, -0.15) is 4.31 Å². The van der Waals surface area contributed by atoms with E-state index in [4.69, 9.17) is 0 Å². The molecule has 0 radical (unpaired) electrons. The molecule has 1 unspecified atom stereocenters. The van der Waals surface area contributed by atoms with Crippen LogP contribution in [0.2, 0.25) is 0 Å². The molecule has 27 heavy (non-hydrogen) atoms. The number of nitrogens with one attached hydrogen (secondary N) is 1. The number of hydrogen-bond donors (Lipinski definition) is 2. The zero-order valence-corrected chi connectivity index (χ0v) is 15.5. The predicted octanol–water partition coefficient (Wildman–Crippen LogP) is 2.07. The average Bonchev–Trinajstić information content (AvgIpc) is 3.22. The van der Waals surface area contributed by atoms with Gasteiger partial charge in [0.05, 0.1) is 11.0 Å². The highest BCUT2D eigenvalue weighted by Crippen LogP contribution is 2.21. The first-order valence-corrected chi connectivity index (χ1v) is 10.1. The molecule has 144 valence electrons. The van der Waals surface area contributed by atoms with E-state index in [9.17, 15) is 22.7 Å². The topological polar surface area (TPSA) is 86.7 Å². The summed E-state index contributed by atoms with van der Waals surface area (Å²) >= 11 is 0. The van der Waals surface area contributed by atoms with E-state index in [1.54, 1.807) is 0 Å². The van der Waals surface area contributed by atoms with Crippen LogP contribution in [-0.2, 0) is 10.0 Å². The number of sulfonamides is 1. The number of benzene rings is 2. The second-order valence-corrected chi connectivity index (χ2v) is 8.35. The highest BCUT2D eigenvalue weighted by atomic mass is 32.2. The second-order valence-electron chi connectivity index (χ2n) is 6.42. The van der Waals surface area contributed by atoms with Crippen LogP contribution in [0.15, 0.2) is 53.4 Å². The Kier molecular flexibility index (Phi) is 5.88. The van der Waals surface area contributed by atoms with E-state index in [0.29, 0.717) is 18.7 Å². The smallest absolute Gasteiger partial charge is 0.251 e. The molecule has 1 saturated heterocycles. The summed E-state index contributed by atoms with van der Waals surface area (Å²) in [5, 5.41) is 12.7. The van der Waals surface area contributed by atoms with Crippen LogP contribution in [0.25, 0.3) is 0 Å². The lowest BCUT2D eigenvalue weighted by molar-refractivity contribution is 0.0916. The van der Waals surface area contributed by atoms with Crippen LogP contribution < -0.4 is 5.32 Å². The number of amides is 1. The van der Waals surface area contributed by atoms with Gasteiger partial charge in [0.2, 0.25) is 10.0 Å². The Labute approximate surface area is 157 Å². The Bertz CT molecular complexity index is 910. The normalized spacial score (nSPS) is 16.2. The van der Waals surface area contributed by atoms with Gasteiger partial charge >= 0.3 is 0 Å². The maximum Gasteiger partial charge on any atom is 0.251 e. The van der Waals surface area contributed by atoms with E-state index in [0.717, 1.165) is 12.8 Å². The number of halogens is 1. The van der Waals surface area contributed by atoms with Crippen LogP contribution >= 0.6 is 0 Å². The Hall–Kier alpha value is -2.29. The summed E-state index contributed by atoms with van der Waals surface area (Å²) in [5.41, 5.74) is 0.670. The summed E-state index contributed by atoms with van der Waals surface area (Å²) in [4.78, 5) is 12.4. The molecule has 1 aliphatic heterocycles. The third-order valence-electron chi connectivity index (χ3n) is 4.51. The van der Waals surface area contributed by atoms with Crippen LogP contribution in [0.1, 0.15) is 34.9 Å². The Morgan fingerprint density at radius 1 is 1.15 bits per heavy atom. The number of carbonyl (C=O) groups is 1. The molecule has 0 spiro atoms. The molecular formula is C19H21FN2O4S. The van der Waals surface area contributed by atoms with Crippen molar-refractivity contribution in [3.05, 3.63) is 65.5 Å². The molecule has 0 aromatic heterocycles. The fourth-order valence-corrected chi connectivity index (χ4v) is 4.53. The third-order valence-corrected chi connectivity index (χ3v) is 6.40. The minimum absolute atomic E-state index is 0.0758. The highest BCUT2D eigenvalue weighted by molar-refractivity contribution is 7.89. The van der Waals surface area contributed by atoms with Gasteiger partial charge in [0, 0.05) is 25.2 Å². The number of hydrogen-bond acceptors (Lipinski definition) is 4. The van der Waals surface area contributed by atoms with Gasteiger partial charge in [0.1, 0.15) is 5.82 Å². The molecule has 1 atom stereocenters. The van der Waals surface area contributed by atoms with Gasteiger partial charge in [0.25, 0.3) is 5.91 Å². The lowest BCUT2D eigenvalue weighted by Gasteiger charge is -2.16. The van der Waals surface area contributed by atoms with Crippen LogP contribution in [-0.4, -0.2) is 43.4 Å². The zero-order valence-electron chi connectivity index (χ0n) is 14.6. The van der Waals surface area contributed by atoms with Gasteiger partial charge in [-0.3, -0.25) is 4.79 Å². The number of aliphatic hydroxyl groups excluding tert-OH is 1. The monoisotopic (exact) mass is 392 g/mol. The number of carbonyl (C=O) groups excluding carboxylic acids is 1. The van der Waals surface area contributed by atoms with E-state index in [-0.39, 0.29) is 17.0 Å². The lowest BCUT2D eigenvalue weighted by Crippen LogP contribution is -2.30. The Balaban J connectivity index is 1.67. The molecule has 1 amide bonds. The average molecular weight is 392 g/mol. The van der Waals surface area contributed by atoms with Crippen molar-refractivity contribution >= 4 is 15.9 Å². The summed E-state index contributed by atoms with van der Waals surface area (Å²) in [6.45, 7) is 0.902. The summed E-state index contributed by atoms with van der Waals surface area (Å²) in [6, 6.07) is 11.2. The quantitative estimate of drug-likeness (QED) is 0.788. The molecule has 2 N–H and O–H groups in total. The van der Waals surface area contributed by atoms with Crippen molar-refractivity contribution in [3.8, 4) is 0 Å². The van der Waals surface area contributed by atoms with Gasteiger partial charge in [-0.05, 0) is 48.7 Å². The number of rotatable bonds is 6. The van der Waals surface area contributed by atoms with Crippen molar-refractivity contribution in [3.63, 3.8) is 0 Å². The number of aliphatic hydroxyl groups is 1. The molecule has 8 heteroatoms. The van der Waals surface area contributed by atoms with Crippen LogP contribution in [0.5, 0.6) is 0 Å². The zero-order chi connectivity index (χ0) is 19.4. The molecule has 6 nitrogen and oxygen atoms in total. The molecule has 0 bridgehead atoms. The first-order chi connectivity index (χ1) is 12.9. The molecule has 1 aliphatic rings. The summed E-state index contributed by atoms with van der Waals surface area (Å²) in [7, 11) is -3.60. The van der Waals surface area contributed by atoms with Crippen molar-refractivity contribution < 1.29 is 22.7 Å².